The van der Waals surface area contributed by atoms with Gasteiger partial charge in [0.1, 0.15) is 17.6 Å². The molecular weight excluding hydrogens is 452 g/mol. The summed E-state index contributed by atoms with van der Waals surface area (Å²) in [6.07, 6.45) is 3.05. The third-order valence-electron chi connectivity index (χ3n) is 6.56. The number of carbonyl (C=O) groups excluding carboxylic acids is 3. The number of anilines is 1. The van der Waals surface area contributed by atoms with E-state index in [9.17, 15) is 19.5 Å². The van der Waals surface area contributed by atoms with Gasteiger partial charge in [0.05, 0.1) is 12.7 Å². The van der Waals surface area contributed by atoms with Crippen molar-refractivity contribution in [3.63, 3.8) is 0 Å². The highest BCUT2D eigenvalue weighted by atomic mass is 16.6. The maximum Gasteiger partial charge on any atom is 0.407 e. The Hall–Kier alpha value is -3.56. The standard InChI is InChI=1S/C25H32N4O6/c1-25(2,3)27-24(33)35-15-6-5-13(7-15)19-10-22(29-28-19)26-23(32)14-8-16-17(9-14)21(34-4)11-20(31)18(16)12-30/h10-15,31H,5-9H2,1-4H3,(H,27,33)(H2,26,28,29,32)/t13-,14?,15?/m0/s1. The second-order valence-electron chi connectivity index (χ2n) is 10.3. The zero-order chi connectivity index (χ0) is 25.3. The number of aromatic nitrogens is 2. The minimum atomic E-state index is -0.416. The number of methoxy groups -OCH3 is 1. The lowest BCUT2D eigenvalue weighted by Crippen LogP contribution is -2.42. The molecule has 2 aromatic rings. The maximum atomic E-state index is 13.0. The van der Waals surface area contributed by atoms with E-state index in [-0.39, 0.29) is 34.8 Å². The van der Waals surface area contributed by atoms with Gasteiger partial charge >= 0.3 is 6.09 Å². The van der Waals surface area contributed by atoms with Crippen LogP contribution in [-0.4, -0.2) is 52.3 Å². The van der Waals surface area contributed by atoms with Gasteiger partial charge in [0, 0.05) is 35.2 Å². The molecule has 10 heteroatoms. The van der Waals surface area contributed by atoms with Crippen LogP contribution in [0.5, 0.6) is 11.5 Å². The Morgan fingerprint density at radius 1 is 1.20 bits per heavy atom. The van der Waals surface area contributed by atoms with E-state index in [4.69, 9.17) is 9.47 Å². The molecule has 4 rings (SSSR count). The van der Waals surface area contributed by atoms with E-state index in [0.717, 1.165) is 24.1 Å². The Balaban J connectivity index is 1.35. The summed E-state index contributed by atoms with van der Waals surface area (Å²) in [7, 11) is 1.49. The summed E-state index contributed by atoms with van der Waals surface area (Å²) in [5.74, 6) is 0.257. The summed E-state index contributed by atoms with van der Waals surface area (Å²) >= 11 is 0. The van der Waals surface area contributed by atoms with Crippen molar-refractivity contribution in [1.29, 1.82) is 0 Å². The first kappa shape index (κ1) is 24.6. The number of benzene rings is 1. The fourth-order valence-electron chi connectivity index (χ4n) is 4.93. The average Bonchev–Trinajstić information content (AvgIpc) is 3.51. The smallest absolute Gasteiger partial charge is 0.407 e. The summed E-state index contributed by atoms with van der Waals surface area (Å²) in [6.45, 7) is 5.70. The van der Waals surface area contributed by atoms with E-state index >= 15 is 0 Å². The molecule has 1 aromatic carbocycles. The van der Waals surface area contributed by atoms with Crippen molar-refractivity contribution in [3.8, 4) is 11.5 Å². The third-order valence-corrected chi connectivity index (χ3v) is 6.56. The molecule has 0 bridgehead atoms. The van der Waals surface area contributed by atoms with Crippen LogP contribution in [0, 0.1) is 5.92 Å². The lowest BCUT2D eigenvalue weighted by Gasteiger charge is -2.22. The van der Waals surface area contributed by atoms with Crippen molar-refractivity contribution >= 4 is 24.1 Å². The molecule has 4 N–H and O–H groups in total. The largest absolute Gasteiger partial charge is 0.507 e. The number of nitrogens with one attached hydrogen (secondary N) is 3. The van der Waals surface area contributed by atoms with Crippen molar-refractivity contribution in [3.05, 3.63) is 34.5 Å². The summed E-state index contributed by atoms with van der Waals surface area (Å²) in [4.78, 5) is 36.5. The van der Waals surface area contributed by atoms with Crippen LogP contribution in [-0.2, 0) is 22.4 Å². The second-order valence-corrected chi connectivity index (χ2v) is 10.3. The molecule has 1 heterocycles. The molecule has 2 amide bonds. The predicted octanol–water partition coefficient (Wildman–Crippen LogP) is 3.45. The van der Waals surface area contributed by atoms with Crippen LogP contribution in [0.15, 0.2) is 12.1 Å². The number of phenolic OH excluding ortho intramolecular Hbond substituents is 1. The lowest BCUT2D eigenvalue weighted by molar-refractivity contribution is -0.119. The number of nitrogens with zero attached hydrogens (tertiary/aromatic N) is 1. The number of carbonyl (C=O) groups is 3. The quantitative estimate of drug-likeness (QED) is 0.460. The number of hydrogen-bond donors (Lipinski definition) is 4. The number of fused-ring (bicyclic) bond motifs is 1. The molecule has 2 aliphatic carbocycles. The van der Waals surface area contributed by atoms with Gasteiger partial charge in [-0.2, -0.15) is 5.10 Å². The van der Waals surface area contributed by atoms with Gasteiger partial charge in [-0.25, -0.2) is 4.79 Å². The summed E-state index contributed by atoms with van der Waals surface area (Å²) < 4.78 is 10.9. The van der Waals surface area contributed by atoms with E-state index in [1.165, 1.54) is 13.2 Å². The highest BCUT2D eigenvalue weighted by molar-refractivity contribution is 5.94. The van der Waals surface area contributed by atoms with Crippen LogP contribution in [0.1, 0.15) is 73.1 Å². The molecule has 1 saturated carbocycles. The highest BCUT2D eigenvalue weighted by Crippen LogP contribution is 2.40. The van der Waals surface area contributed by atoms with E-state index in [1.54, 1.807) is 0 Å². The second kappa shape index (κ2) is 9.59. The van der Waals surface area contributed by atoms with Gasteiger partial charge in [0.2, 0.25) is 5.91 Å². The highest BCUT2D eigenvalue weighted by Gasteiger charge is 2.34. The minimum absolute atomic E-state index is 0.150. The van der Waals surface area contributed by atoms with Crippen molar-refractivity contribution in [1.82, 2.24) is 15.5 Å². The van der Waals surface area contributed by atoms with Crippen LogP contribution in [0.3, 0.4) is 0 Å². The lowest BCUT2D eigenvalue weighted by atomic mass is 10.0. The van der Waals surface area contributed by atoms with Gasteiger partial charge < -0.3 is 25.2 Å². The van der Waals surface area contributed by atoms with E-state index in [2.05, 4.69) is 20.8 Å². The maximum absolute atomic E-state index is 13.0. The van der Waals surface area contributed by atoms with Crippen LogP contribution < -0.4 is 15.4 Å². The number of ether oxygens (including phenoxy) is 2. The number of rotatable bonds is 6. The zero-order valence-electron chi connectivity index (χ0n) is 20.4. The number of amides is 2. The molecular formula is C25H32N4O6. The molecule has 0 spiro atoms. The number of aromatic hydroxyl groups is 1. The number of alkyl carbamates (subject to hydrolysis) is 1. The Morgan fingerprint density at radius 3 is 2.63 bits per heavy atom. The van der Waals surface area contributed by atoms with Crippen LogP contribution in [0.2, 0.25) is 0 Å². The summed E-state index contributed by atoms with van der Waals surface area (Å²) in [5, 5.41) is 23.0. The number of phenols is 1. The molecule has 35 heavy (non-hydrogen) atoms. The SMILES string of the molecule is COc1cc(O)c(C=O)c2c1CC(C(=O)Nc1cc([C@H]3CCC(OC(=O)NC(C)(C)C)C3)[nH]n1)C2. The molecule has 0 aliphatic heterocycles. The van der Waals surface area contributed by atoms with E-state index < -0.39 is 12.0 Å². The molecule has 0 radical (unpaired) electrons. The van der Waals surface area contributed by atoms with Crippen molar-refractivity contribution in [2.24, 2.45) is 5.92 Å². The number of hydrogen-bond acceptors (Lipinski definition) is 7. The third kappa shape index (κ3) is 5.41. The summed E-state index contributed by atoms with van der Waals surface area (Å²) in [6, 6.07) is 3.22. The molecule has 1 aromatic heterocycles. The Bertz CT molecular complexity index is 1140. The molecule has 2 unspecified atom stereocenters. The minimum Gasteiger partial charge on any atom is -0.507 e. The van der Waals surface area contributed by atoms with Gasteiger partial charge in [-0.1, -0.05) is 0 Å². The van der Waals surface area contributed by atoms with Gasteiger partial charge in [0.25, 0.3) is 0 Å². The fourth-order valence-corrected chi connectivity index (χ4v) is 4.93. The molecule has 1 fully saturated rings. The predicted molar refractivity (Wildman–Crippen MR) is 128 cm³/mol. The molecule has 2 aliphatic rings. The average molecular weight is 485 g/mol. The van der Waals surface area contributed by atoms with Crippen molar-refractivity contribution in [2.45, 2.75) is 70.4 Å². The molecule has 3 atom stereocenters. The van der Waals surface area contributed by atoms with Crippen molar-refractivity contribution in [2.75, 3.05) is 12.4 Å². The Kier molecular flexibility index (Phi) is 6.73. The van der Waals surface area contributed by atoms with E-state index in [1.807, 2.05) is 26.8 Å². The van der Waals surface area contributed by atoms with Gasteiger partial charge in [-0.05, 0) is 64.0 Å². The van der Waals surface area contributed by atoms with Crippen molar-refractivity contribution < 1.29 is 29.0 Å². The van der Waals surface area contributed by atoms with Gasteiger partial charge in [-0.15, -0.1) is 0 Å². The van der Waals surface area contributed by atoms with Crippen LogP contribution in [0.25, 0.3) is 0 Å². The zero-order valence-corrected chi connectivity index (χ0v) is 20.4. The Morgan fingerprint density at radius 2 is 1.94 bits per heavy atom. The fraction of sp³-hybridized carbons (Fsp3) is 0.520. The van der Waals surface area contributed by atoms with Crippen LogP contribution >= 0.6 is 0 Å². The number of H-pyrrole nitrogens is 1. The van der Waals surface area contributed by atoms with Gasteiger partial charge in [0.15, 0.2) is 12.1 Å². The normalized spacial score (nSPS) is 21.3. The molecule has 188 valence electrons. The first-order valence-electron chi connectivity index (χ1n) is 11.8. The first-order chi connectivity index (χ1) is 16.6. The van der Waals surface area contributed by atoms with Crippen LogP contribution in [0.4, 0.5) is 10.6 Å². The molecule has 0 saturated heterocycles. The summed E-state index contributed by atoms with van der Waals surface area (Å²) in [5.41, 5.74) is 2.14. The van der Waals surface area contributed by atoms with Gasteiger partial charge in [-0.3, -0.25) is 14.7 Å². The molecule has 10 nitrogen and oxygen atoms in total. The number of aldehydes is 1. The van der Waals surface area contributed by atoms with E-state index in [0.29, 0.717) is 42.7 Å². The first-order valence-corrected chi connectivity index (χ1v) is 11.8. The topological polar surface area (TPSA) is 143 Å². The number of aromatic amines is 1. The monoisotopic (exact) mass is 484 g/mol. The Labute approximate surface area is 203 Å².